The topological polar surface area (TPSA) is 6.02 Å². The lowest BCUT2D eigenvalue weighted by atomic mass is 10.00. The van der Waals surface area contributed by atoms with Gasteiger partial charge in [-0.05, 0) is 5.56 Å². The highest BCUT2D eigenvalue weighted by Gasteiger charge is 2.42. The smallest absolute Gasteiger partial charge is 0.0953 e. The minimum Gasteiger partial charge on any atom is -0.224 e. The van der Waals surface area contributed by atoms with E-state index in [4.69, 9.17) is 0 Å². The summed E-state index contributed by atoms with van der Waals surface area (Å²) < 4.78 is 0. The van der Waals surface area contributed by atoms with Crippen LogP contribution >= 0.6 is 0 Å². The van der Waals surface area contributed by atoms with Gasteiger partial charge in [0.25, 0.3) is 0 Å². The lowest BCUT2D eigenvalue weighted by Crippen LogP contribution is -2.06. The van der Waals surface area contributed by atoms with Crippen molar-refractivity contribution < 1.29 is 0 Å². The second-order valence-electron chi connectivity index (χ2n) is 3.76. The maximum atomic E-state index is 2.28. The summed E-state index contributed by atoms with van der Waals surface area (Å²) in [7, 11) is 4.26. The molecule has 1 saturated heterocycles. The van der Waals surface area contributed by atoms with E-state index in [2.05, 4.69) is 61.4 Å². The van der Waals surface area contributed by atoms with Crippen molar-refractivity contribution in [1.29, 1.82) is 0 Å². The van der Waals surface area contributed by atoms with Crippen LogP contribution in [0.3, 0.4) is 0 Å². The molecule has 0 aromatic heterocycles. The molecule has 3 unspecified atom stereocenters. The molecule has 1 aliphatic heterocycles. The van der Waals surface area contributed by atoms with Crippen LogP contribution in [0, 0.1) is 0 Å². The predicted octanol–water partition coefficient (Wildman–Crippen LogP) is 1.91. The van der Waals surface area contributed by atoms with Gasteiger partial charge in [-0.3, -0.25) is 0 Å². The Labute approximate surface area is 79.7 Å². The molecule has 2 heteroatoms. The van der Waals surface area contributed by atoms with Crippen LogP contribution in [0.4, 0.5) is 0 Å². The quantitative estimate of drug-likeness (QED) is 0.635. The van der Waals surface area contributed by atoms with E-state index in [9.17, 15) is 0 Å². The van der Waals surface area contributed by atoms with E-state index in [1.165, 1.54) is 5.56 Å². The molecule has 70 valence electrons. The van der Waals surface area contributed by atoms with Gasteiger partial charge in [0.2, 0.25) is 0 Å². The molecule has 0 spiro atoms. The summed E-state index contributed by atoms with van der Waals surface area (Å²) in [5.41, 5.74) is 1.42. The molecule has 13 heavy (non-hydrogen) atoms. The number of benzene rings is 1. The fraction of sp³-hybridized carbons (Fsp3) is 0.455. The van der Waals surface area contributed by atoms with Crippen LogP contribution in [-0.4, -0.2) is 30.3 Å². The lowest BCUT2D eigenvalue weighted by molar-refractivity contribution is 0.412. The maximum absolute atomic E-state index is 2.28. The van der Waals surface area contributed by atoms with Crippen LogP contribution in [0.1, 0.15) is 18.4 Å². The summed E-state index contributed by atoms with van der Waals surface area (Å²) in [5, 5.41) is 4.52. The summed E-state index contributed by atoms with van der Waals surface area (Å²) in [6, 6.07) is 10.7. The zero-order chi connectivity index (χ0) is 9.42. The standard InChI is InChI=1S/C11H16N2/c1-9(11-12(2)13(11)3)10-7-5-4-6-8-10/h4-9,11H,1-3H3. The number of hydrogen-bond acceptors (Lipinski definition) is 2. The minimum absolute atomic E-state index is 0.586. The van der Waals surface area contributed by atoms with Crippen LogP contribution in [0.5, 0.6) is 0 Å². The normalized spacial score (nSPS) is 34.2. The first-order chi connectivity index (χ1) is 6.22. The van der Waals surface area contributed by atoms with Gasteiger partial charge in [0.15, 0.2) is 0 Å². The molecule has 0 N–H and O–H groups in total. The maximum Gasteiger partial charge on any atom is 0.0953 e. The van der Waals surface area contributed by atoms with Crippen molar-refractivity contribution in [2.24, 2.45) is 0 Å². The molecule has 1 aromatic rings. The fourth-order valence-electron chi connectivity index (χ4n) is 1.97. The fourth-order valence-corrected chi connectivity index (χ4v) is 1.97. The highest BCUT2D eigenvalue weighted by molar-refractivity contribution is 5.21. The first kappa shape index (κ1) is 8.73. The molecular formula is C11H16N2. The number of hydrogen-bond donors (Lipinski definition) is 0. The third-order valence-corrected chi connectivity index (χ3v) is 2.98. The molecule has 3 atom stereocenters. The number of likely N-dealkylation sites (N-methyl/N-ethyl adjacent to an activating group) is 2. The van der Waals surface area contributed by atoms with E-state index in [-0.39, 0.29) is 0 Å². The molecule has 1 aliphatic rings. The SMILES string of the molecule is CC(c1ccccc1)C1N(C)N1C. The number of rotatable bonds is 2. The van der Waals surface area contributed by atoms with E-state index in [1.807, 2.05) is 0 Å². The summed E-state index contributed by atoms with van der Waals surface area (Å²) in [5.74, 6) is 0.594. The van der Waals surface area contributed by atoms with E-state index in [1.54, 1.807) is 0 Å². The van der Waals surface area contributed by atoms with Gasteiger partial charge in [-0.15, -0.1) is 0 Å². The third-order valence-electron chi connectivity index (χ3n) is 2.98. The van der Waals surface area contributed by atoms with Gasteiger partial charge >= 0.3 is 0 Å². The molecular weight excluding hydrogens is 160 g/mol. The largest absolute Gasteiger partial charge is 0.224 e. The Morgan fingerprint density at radius 3 is 2.08 bits per heavy atom. The summed E-state index contributed by atoms with van der Waals surface area (Å²) >= 11 is 0. The zero-order valence-corrected chi connectivity index (χ0v) is 8.44. The summed E-state index contributed by atoms with van der Waals surface area (Å²) in [4.78, 5) is 0. The Kier molecular flexibility index (Phi) is 2.10. The average Bonchev–Trinajstić information content (AvgIpc) is 2.75. The van der Waals surface area contributed by atoms with Gasteiger partial charge in [0.05, 0.1) is 6.17 Å². The molecule has 1 aromatic carbocycles. The van der Waals surface area contributed by atoms with Crippen LogP contribution in [0.25, 0.3) is 0 Å². The van der Waals surface area contributed by atoms with Gasteiger partial charge in [0, 0.05) is 20.0 Å². The first-order valence-corrected chi connectivity index (χ1v) is 4.72. The van der Waals surface area contributed by atoms with E-state index in [0.717, 1.165) is 0 Å². The van der Waals surface area contributed by atoms with Crippen molar-refractivity contribution in [2.45, 2.75) is 19.0 Å². The Balaban J connectivity index is 2.11. The highest BCUT2D eigenvalue weighted by atomic mass is 15.8. The Morgan fingerprint density at radius 2 is 1.62 bits per heavy atom. The van der Waals surface area contributed by atoms with Crippen molar-refractivity contribution in [3.05, 3.63) is 35.9 Å². The van der Waals surface area contributed by atoms with Crippen molar-refractivity contribution >= 4 is 0 Å². The average molecular weight is 176 g/mol. The van der Waals surface area contributed by atoms with E-state index in [0.29, 0.717) is 12.1 Å². The van der Waals surface area contributed by atoms with Crippen LogP contribution < -0.4 is 0 Å². The number of nitrogens with zero attached hydrogens (tertiary/aromatic N) is 2. The van der Waals surface area contributed by atoms with Gasteiger partial charge in [0.1, 0.15) is 0 Å². The molecule has 0 aliphatic carbocycles. The second-order valence-corrected chi connectivity index (χ2v) is 3.76. The van der Waals surface area contributed by atoms with Gasteiger partial charge < -0.3 is 0 Å². The highest BCUT2D eigenvalue weighted by Crippen LogP contribution is 2.34. The van der Waals surface area contributed by atoms with E-state index < -0.39 is 0 Å². The molecule has 0 bridgehead atoms. The lowest BCUT2D eigenvalue weighted by Gasteiger charge is -2.08. The van der Waals surface area contributed by atoms with Gasteiger partial charge in [-0.1, -0.05) is 37.3 Å². The molecule has 1 heterocycles. The van der Waals surface area contributed by atoms with Crippen molar-refractivity contribution in [2.75, 3.05) is 14.1 Å². The molecule has 0 amide bonds. The molecule has 2 rings (SSSR count). The minimum atomic E-state index is 0.586. The molecule has 0 radical (unpaired) electrons. The Hall–Kier alpha value is -0.860. The predicted molar refractivity (Wildman–Crippen MR) is 54.2 cm³/mol. The third kappa shape index (κ3) is 1.47. The van der Waals surface area contributed by atoms with Crippen molar-refractivity contribution in [1.82, 2.24) is 10.0 Å². The first-order valence-electron chi connectivity index (χ1n) is 4.72. The van der Waals surface area contributed by atoms with E-state index >= 15 is 0 Å². The van der Waals surface area contributed by atoms with Crippen LogP contribution in [0.15, 0.2) is 30.3 Å². The van der Waals surface area contributed by atoms with Gasteiger partial charge in [-0.2, -0.15) is 0 Å². The van der Waals surface area contributed by atoms with Crippen LogP contribution in [-0.2, 0) is 0 Å². The summed E-state index contributed by atoms with van der Waals surface area (Å²) in [6.45, 7) is 2.28. The number of hydrazine groups is 1. The van der Waals surface area contributed by atoms with Crippen molar-refractivity contribution in [3.63, 3.8) is 0 Å². The second kappa shape index (κ2) is 3.13. The molecule has 1 fully saturated rings. The Bertz CT molecular complexity index is 275. The van der Waals surface area contributed by atoms with Crippen LogP contribution in [0.2, 0.25) is 0 Å². The van der Waals surface area contributed by atoms with Crippen molar-refractivity contribution in [3.8, 4) is 0 Å². The molecule has 2 nitrogen and oxygen atoms in total. The zero-order valence-electron chi connectivity index (χ0n) is 8.44. The van der Waals surface area contributed by atoms with Gasteiger partial charge in [-0.25, -0.2) is 10.0 Å². The molecule has 0 saturated carbocycles. The monoisotopic (exact) mass is 176 g/mol. The summed E-state index contributed by atoms with van der Waals surface area (Å²) in [6.07, 6.45) is 0.586. The Morgan fingerprint density at radius 1 is 1.08 bits per heavy atom.